The Morgan fingerprint density at radius 1 is 1.22 bits per heavy atom. The summed E-state index contributed by atoms with van der Waals surface area (Å²) in [7, 11) is 0. The summed E-state index contributed by atoms with van der Waals surface area (Å²) in [6.45, 7) is 1.70. The van der Waals surface area contributed by atoms with Gasteiger partial charge in [-0.15, -0.1) is 0 Å². The number of aliphatic hydroxyl groups is 1. The van der Waals surface area contributed by atoms with Crippen molar-refractivity contribution in [1.82, 2.24) is 0 Å². The molecule has 0 unspecified atom stereocenters. The number of hydrogen-bond donors (Lipinski definition) is 1. The molecule has 1 atom stereocenters. The second kappa shape index (κ2) is 5.52. The molecule has 0 fully saturated rings. The highest BCUT2D eigenvalue weighted by Gasteiger charge is 2.55. The van der Waals surface area contributed by atoms with Gasteiger partial charge in [0, 0.05) is 12.8 Å². The monoisotopic (exact) mass is 260 g/mol. The molecule has 0 aliphatic heterocycles. The van der Waals surface area contributed by atoms with Crippen molar-refractivity contribution in [3.63, 3.8) is 0 Å². The molecule has 0 aliphatic carbocycles. The van der Waals surface area contributed by atoms with Crippen LogP contribution in [-0.4, -0.2) is 17.1 Å². The number of ketones is 1. The quantitative estimate of drug-likeness (QED) is 0.882. The molecule has 1 aromatic rings. The number of carbonyl (C=O) groups is 1. The highest BCUT2D eigenvalue weighted by Crippen LogP contribution is 2.41. The van der Waals surface area contributed by atoms with Gasteiger partial charge < -0.3 is 5.11 Å². The smallest absolute Gasteiger partial charge is 0.376 e. The van der Waals surface area contributed by atoms with E-state index in [9.17, 15) is 23.1 Å². The van der Waals surface area contributed by atoms with Gasteiger partial charge in [-0.25, -0.2) is 0 Å². The summed E-state index contributed by atoms with van der Waals surface area (Å²) < 4.78 is 39.0. The maximum absolute atomic E-state index is 13.0. The molecule has 1 N–H and O–H groups in total. The second-order valence-electron chi connectivity index (χ2n) is 4.19. The normalized spacial score (nSPS) is 15.2. The predicted molar refractivity (Wildman–Crippen MR) is 60.9 cm³/mol. The first-order chi connectivity index (χ1) is 8.31. The Labute approximate surface area is 103 Å². The standard InChI is InChI=1S/C13H15F3O2/c1-2-6-11(17)9-12(18,13(14,15)16)10-7-4-3-5-8-10/h3-5,7-8,18H,2,6,9H2,1H3/t12-/m0/s1. The summed E-state index contributed by atoms with van der Waals surface area (Å²) in [5, 5.41) is 9.87. The fourth-order valence-electron chi connectivity index (χ4n) is 1.73. The van der Waals surface area contributed by atoms with Crippen LogP contribution in [0.5, 0.6) is 0 Å². The summed E-state index contributed by atoms with van der Waals surface area (Å²) >= 11 is 0. The van der Waals surface area contributed by atoms with Gasteiger partial charge in [0.15, 0.2) is 5.60 Å². The lowest BCUT2D eigenvalue weighted by molar-refractivity contribution is -0.267. The van der Waals surface area contributed by atoms with E-state index >= 15 is 0 Å². The first-order valence-corrected chi connectivity index (χ1v) is 5.67. The summed E-state index contributed by atoms with van der Waals surface area (Å²) in [6, 6.07) is 6.69. The SMILES string of the molecule is CCCC(=O)C[C@](O)(c1ccccc1)C(F)(F)F. The van der Waals surface area contributed by atoms with Crippen LogP contribution in [0.15, 0.2) is 30.3 Å². The maximum Gasteiger partial charge on any atom is 0.421 e. The highest BCUT2D eigenvalue weighted by molar-refractivity contribution is 5.79. The second-order valence-corrected chi connectivity index (χ2v) is 4.19. The predicted octanol–water partition coefficient (Wildman–Crippen LogP) is 3.20. The topological polar surface area (TPSA) is 37.3 Å². The van der Waals surface area contributed by atoms with E-state index in [0.717, 1.165) is 0 Å². The number of Topliss-reactive ketones (excluding diaryl/α,β-unsaturated/α-hetero) is 1. The van der Waals surface area contributed by atoms with Crippen LogP contribution >= 0.6 is 0 Å². The molecule has 1 aromatic carbocycles. The molecule has 0 saturated heterocycles. The molecule has 0 amide bonds. The Hall–Kier alpha value is -1.36. The molecule has 1 rings (SSSR count). The van der Waals surface area contributed by atoms with Crippen LogP contribution in [0.1, 0.15) is 31.7 Å². The molecule has 0 aliphatic rings. The summed E-state index contributed by atoms with van der Waals surface area (Å²) in [4.78, 5) is 11.4. The van der Waals surface area contributed by atoms with Gasteiger partial charge in [-0.3, -0.25) is 4.79 Å². The molecule has 5 heteroatoms. The average molecular weight is 260 g/mol. The summed E-state index contributed by atoms with van der Waals surface area (Å²) in [6.07, 6.45) is -5.32. The largest absolute Gasteiger partial charge is 0.421 e. The van der Waals surface area contributed by atoms with E-state index in [0.29, 0.717) is 6.42 Å². The number of alkyl halides is 3. The number of hydrogen-bond acceptors (Lipinski definition) is 2. The van der Waals surface area contributed by atoms with E-state index in [4.69, 9.17) is 0 Å². The number of rotatable bonds is 5. The van der Waals surface area contributed by atoms with E-state index in [1.54, 1.807) is 13.0 Å². The maximum atomic E-state index is 13.0. The van der Waals surface area contributed by atoms with Gasteiger partial charge in [0.2, 0.25) is 0 Å². The Morgan fingerprint density at radius 3 is 2.22 bits per heavy atom. The van der Waals surface area contributed by atoms with Crippen LogP contribution in [0.25, 0.3) is 0 Å². The minimum Gasteiger partial charge on any atom is -0.376 e. The molecule has 0 spiro atoms. The van der Waals surface area contributed by atoms with E-state index in [1.165, 1.54) is 24.3 Å². The van der Waals surface area contributed by atoms with Crippen molar-refractivity contribution in [2.24, 2.45) is 0 Å². The van der Waals surface area contributed by atoms with Crippen LogP contribution in [0.4, 0.5) is 13.2 Å². The van der Waals surface area contributed by atoms with Crippen molar-refractivity contribution in [3.8, 4) is 0 Å². The number of benzene rings is 1. The van der Waals surface area contributed by atoms with Crippen molar-refractivity contribution in [1.29, 1.82) is 0 Å². The lowest BCUT2D eigenvalue weighted by Crippen LogP contribution is -2.44. The minimum atomic E-state index is -4.88. The van der Waals surface area contributed by atoms with Crippen LogP contribution < -0.4 is 0 Å². The first kappa shape index (κ1) is 14.7. The van der Waals surface area contributed by atoms with Crippen LogP contribution in [0.3, 0.4) is 0 Å². The molecule has 100 valence electrons. The third-order valence-electron chi connectivity index (χ3n) is 2.70. The Kier molecular flexibility index (Phi) is 4.51. The first-order valence-electron chi connectivity index (χ1n) is 5.67. The van der Waals surface area contributed by atoms with Crippen LogP contribution in [0.2, 0.25) is 0 Å². The molecule has 0 saturated carbocycles. The molecule has 0 aromatic heterocycles. The van der Waals surface area contributed by atoms with Crippen LogP contribution in [-0.2, 0) is 10.4 Å². The van der Waals surface area contributed by atoms with E-state index in [2.05, 4.69) is 0 Å². The number of carbonyl (C=O) groups excluding carboxylic acids is 1. The summed E-state index contributed by atoms with van der Waals surface area (Å²) in [5.41, 5.74) is -3.40. The molecule has 18 heavy (non-hydrogen) atoms. The lowest BCUT2D eigenvalue weighted by Gasteiger charge is -2.30. The van der Waals surface area contributed by atoms with E-state index in [-0.39, 0.29) is 12.0 Å². The fourth-order valence-corrected chi connectivity index (χ4v) is 1.73. The third-order valence-corrected chi connectivity index (χ3v) is 2.70. The third kappa shape index (κ3) is 3.10. The van der Waals surface area contributed by atoms with Crippen molar-refractivity contribution in [2.75, 3.05) is 0 Å². The number of halogens is 3. The lowest BCUT2D eigenvalue weighted by atomic mass is 9.87. The van der Waals surface area contributed by atoms with Crippen molar-refractivity contribution >= 4 is 5.78 Å². The van der Waals surface area contributed by atoms with Gasteiger partial charge in [-0.2, -0.15) is 13.2 Å². The Morgan fingerprint density at radius 2 is 1.78 bits per heavy atom. The molecule has 0 bridgehead atoms. The van der Waals surface area contributed by atoms with Gasteiger partial charge in [0.1, 0.15) is 5.78 Å². The van der Waals surface area contributed by atoms with Gasteiger partial charge in [-0.05, 0) is 12.0 Å². The zero-order valence-corrected chi connectivity index (χ0v) is 10.00. The van der Waals surface area contributed by atoms with E-state index in [1.807, 2.05) is 0 Å². The summed E-state index contributed by atoms with van der Waals surface area (Å²) in [5.74, 6) is -0.596. The van der Waals surface area contributed by atoms with Gasteiger partial charge in [-0.1, -0.05) is 37.3 Å². The zero-order chi connectivity index (χ0) is 13.8. The highest BCUT2D eigenvalue weighted by atomic mass is 19.4. The average Bonchev–Trinajstić information content (AvgIpc) is 2.28. The van der Waals surface area contributed by atoms with Crippen molar-refractivity contribution in [2.45, 2.75) is 38.0 Å². The van der Waals surface area contributed by atoms with Crippen LogP contribution in [0, 0.1) is 0 Å². The van der Waals surface area contributed by atoms with E-state index < -0.39 is 24.0 Å². The minimum absolute atomic E-state index is 0.0330. The Balaban J connectivity index is 3.09. The molecular weight excluding hydrogens is 245 g/mol. The van der Waals surface area contributed by atoms with Gasteiger partial charge in [0.05, 0.1) is 0 Å². The fraction of sp³-hybridized carbons (Fsp3) is 0.462. The molecule has 2 nitrogen and oxygen atoms in total. The van der Waals surface area contributed by atoms with Gasteiger partial charge in [0.25, 0.3) is 0 Å². The van der Waals surface area contributed by atoms with Crippen molar-refractivity contribution in [3.05, 3.63) is 35.9 Å². The zero-order valence-electron chi connectivity index (χ0n) is 10.00. The molecule has 0 radical (unpaired) electrons. The molecular formula is C13H15F3O2. The van der Waals surface area contributed by atoms with Gasteiger partial charge >= 0.3 is 6.18 Å². The molecule has 0 heterocycles. The van der Waals surface area contributed by atoms with Crippen molar-refractivity contribution < 1.29 is 23.1 Å². The Bertz CT molecular complexity index is 400.